The Labute approximate surface area is 139 Å². The maximum atomic E-state index is 12.2. The molecule has 3 aromatic rings. The lowest BCUT2D eigenvalue weighted by atomic mass is 10.1. The van der Waals surface area contributed by atoms with E-state index in [0.29, 0.717) is 36.3 Å². The number of ether oxygens (including phenoxy) is 2. The van der Waals surface area contributed by atoms with E-state index in [1.165, 1.54) is 0 Å². The smallest absolute Gasteiger partial charge is 0.397 e. The van der Waals surface area contributed by atoms with Crippen molar-refractivity contribution in [3.63, 3.8) is 0 Å². The van der Waals surface area contributed by atoms with E-state index in [-0.39, 0.29) is 6.08 Å². The molecule has 5 nitrogen and oxygen atoms in total. The third-order valence-corrected chi connectivity index (χ3v) is 3.67. The highest BCUT2D eigenvalue weighted by atomic mass is 16.6. The summed E-state index contributed by atoms with van der Waals surface area (Å²) in [6.07, 6.45) is 0.664. The van der Waals surface area contributed by atoms with Gasteiger partial charge in [-0.25, -0.2) is 4.79 Å². The van der Waals surface area contributed by atoms with Gasteiger partial charge in [0.05, 0.1) is 17.5 Å². The Hall–Kier alpha value is -2.82. The first-order chi connectivity index (χ1) is 11.7. The van der Waals surface area contributed by atoms with Crippen LogP contribution in [0.4, 0.5) is 0 Å². The summed E-state index contributed by atoms with van der Waals surface area (Å²) in [5.74, 6) is 0.670. The lowest BCUT2D eigenvalue weighted by molar-refractivity contribution is 0.229. The Morgan fingerprint density at radius 2 is 1.88 bits per heavy atom. The molecule has 0 radical (unpaired) electrons. The van der Waals surface area contributed by atoms with E-state index in [9.17, 15) is 4.79 Å². The Morgan fingerprint density at radius 1 is 1.08 bits per heavy atom. The van der Waals surface area contributed by atoms with Gasteiger partial charge in [0.25, 0.3) is 0 Å². The standard InChI is InChI=1S/C19H19NO4/c1-3-14-10-15(23-12-13-8-6-5-7-9-13)11-16-17(14)18(21)24-19(20-16)22-4-2/h5-11H,3-4,12H2,1-2H3. The number of rotatable bonds is 6. The fourth-order valence-corrected chi connectivity index (χ4v) is 2.52. The van der Waals surface area contributed by atoms with Gasteiger partial charge in [-0.2, -0.15) is 4.98 Å². The molecule has 0 N–H and O–H groups in total. The number of aryl methyl sites for hydroxylation is 1. The molecule has 0 fully saturated rings. The summed E-state index contributed by atoms with van der Waals surface area (Å²) in [6.45, 7) is 4.62. The maximum Gasteiger partial charge on any atom is 0.397 e. The second-order valence-corrected chi connectivity index (χ2v) is 5.30. The third kappa shape index (κ3) is 3.40. The zero-order chi connectivity index (χ0) is 16.9. The van der Waals surface area contributed by atoms with Gasteiger partial charge in [-0.05, 0) is 30.5 Å². The van der Waals surface area contributed by atoms with Gasteiger partial charge >= 0.3 is 11.7 Å². The Morgan fingerprint density at radius 3 is 2.58 bits per heavy atom. The molecule has 1 aromatic heterocycles. The minimum absolute atomic E-state index is 0.0164. The van der Waals surface area contributed by atoms with Crippen LogP contribution in [0.15, 0.2) is 51.7 Å². The lowest BCUT2D eigenvalue weighted by Gasteiger charge is -2.10. The van der Waals surface area contributed by atoms with Crippen LogP contribution in [0.25, 0.3) is 10.9 Å². The first-order valence-corrected chi connectivity index (χ1v) is 7.98. The molecule has 0 bridgehead atoms. The lowest BCUT2D eigenvalue weighted by Crippen LogP contribution is -2.08. The van der Waals surface area contributed by atoms with E-state index < -0.39 is 5.63 Å². The number of hydrogen-bond donors (Lipinski definition) is 0. The largest absolute Gasteiger partial charge is 0.489 e. The molecule has 0 unspecified atom stereocenters. The summed E-state index contributed by atoms with van der Waals surface area (Å²) in [7, 11) is 0. The monoisotopic (exact) mass is 325 g/mol. The van der Waals surface area contributed by atoms with Crippen LogP contribution in [0.5, 0.6) is 11.8 Å². The molecule has 0 atom stereocenters. The SMILES string of the molecule is CCOc1nc2cc(OCc3ccccc3)cc(CC)c2c(=O)o1. The summed E-state index contributed by atoms with van der Waals surface area (Å²) < 4.78 is 16.2. The van der Waals surface area contributed by atoms with Crippen LogP contribution in [0.1, 0.15) is 25.0 Å². The molecule has 24 heavy (non-hydrogen) atoms. The predicted octanol–water partition coefficient (Wildman–Crippen LogP) is 3.73. The second-order valence-electron chi connectivity index (χ2n) is 5.30. The topological polar surface area (TPSA) is 61.6 Å². The Bertz CT molecular complexity index is 887. The minimum atomic E-state index is -0.435. The first-order valence-electron chi connectivity index (χ1n) is 7.98. The minimum Gasteiger partial charge on any atom is -0.489 e. The zero-order valence-corrected chi connectivity index (χ0v) is 13.7. The van der Waals surface area contributed by atoms with E-state index in [1.54, 1.807) is 6.07 Å². The molecule has 0 aliphatic rings. The quantitative estimate of drug-likeness (QED) is 0.691. The van der Waals surface area contributed by atoms with Crippen molar-refractivity contribution in [1.82, 2.24) is 4.98 Å². The highest BCUT2D eigenvalue weighted by Crippen LogP contribution is 2.25. The number of aromatic nitrogens is 1. The average Bonchev–Trinajstić information content (AvgIpc) is 2.60. The summed E-state index contributed by atoms with van der Waals surface area (Å²) in [5, 5.41) is 0.480. The summed E-state index contributed by atoms with van der Waals surface area (Å²) in [6, 6.07) is 13.5. The van der Waals surface area contributed by atoms with Crippen LogP contribution in [0.3, 0.4) is 0 Å². The number of fused-ring (bicyclic) bond motifs is 1. The van der Waals surface area contributed by atoms with E-state index in [1.807, 2.05) is 50.2 Å². The van der Waals surface area contributed by atoms with Gasteiger partial charge in [0.1, 0.15) is 12.4 Å². The van der Waals surface area contributed by atoms with Crippen molar-refractivity contribution >= 4 is 10.9 Å². The fourth-order valence-electron chi connectivity index (χ4n) is 2.52. The van der Waals surface area contributed by atoms with Crippen LogP contribution < -0.4 is 15.1 Å². The van der Waals surface area contributed by atoms with E-state index >= 15 is 0 Å². The molecule has 3 rings (SSSR count). The normalized spacial score (nSPS) is 10.8. The van der Waals surface area contributed by atoms with Crippen LogP contribution in [0, 0.1) is 0 Å². The second kappa shape index (κ2) is 7.17. The van der Waals surface area contributed by atoms with E-state index in [2.05, 4.69) is 4.98 Å². The predicted molar refractivity (Wildman–Crippen MR) is 91.6 cm³/mol. The molecule has 0 amide bonds. The van der Waals surface area contributed by atoms with Gasteiger partial charge in [0, 0.05) is 6.07 Å². The molecule has 1 heterocycles. The van der Waals surface area contributed by atoms with Gasteiger partial charge in [-0.15, -0.1) is 0 Å². The molecular weight excluding hydrogens is 306 g/mol. The number of nitrogens with zero attached hydrogens (tertiary/aromatic N) is 1. The van der Waals surface area contributed by atoms with Gasteiger partial charge in [0.15, 0.2) is 0 Å². The molecular formula is C19H19NO4. The number of benzene rings is 2. The van der Waals surface area contributed by atoms with Crippen LogP contribution in [0.2, 0.25) is 0 Å². The van der Waals surface area contributed by atoms with Crippen LogP contribution in [-0.2, 0) is 13.0 Å². The van der Waals surface area contributed by atoms with Crippen molar-refractivity contribution < 1.29 is 13.9 Å². The molecule has 124 valence electrons. The van der Waals surface area contributed by atoms with Crippen LogP contribution >= 0.6 is 0 Å². The summed E-state index contributed by atoms with van der Waals surface area (Å²) >= 11 is 0. The zero-order valence-electron chi connectivity index (χ0n) is 13.7. The molecule has 5 heteroatoms. The Kier molecular flexibility index (Phi) is 4.79. The van der Waals surface area contributed by atoms with Crippen LogP contribution in [-0.4, -0.2) is 11.6 Å². The molecule has 0 saturated heterocycles. The average molecular weight is 325 g/mol. The summed E-state index contributed by atoms with van der Waals surface area (Å²) in [4.78, 5) is 16.5. The highest BCUT2D eigenvalue weighted by molar-refractivity contribution is 5.82. The molecule has 0 aliphatic carbocycles. The van der Waals surface area contributed by atoms with E-state index in [0.717, 1.165) is 11.1 Å². The Balaban J connectivity index is 1.98. The van der Waals surface area contributed by atoms with Crippen molar-refractivity contribution in [1.29, 1.82) is 0 Å². The molecule has 0 aliphatic heterocycles. The van der Waals surface area contributed by atoms with Gasteiger partial charge in [-0.1, -0.05) is 37.3 Å². The van der Waals surface area contributed by atoms with Crippen molar-refractivity contribution in [3.8, 4) is 11.8 Å². The van der Waals surface area contributed by atoms with Gasteiger partial charge < -0.3 is 13.9 Å². The third-order valence-electron chi connectivity index (χ3n) is 3.67. The van der Waals surface area contributed by atoms with Crippen molar-refractivity contribution in [2.75, 3.05) is 6.61 Å². The molecule has 0 saturated carbocycles. The van der Waals surface area contributed by atoms with Gasteiger partial charge in [-0.3, -0.25) is 0 Å². The first kappa shape index (κ1) is 16.1. The number of hydrogen-bond acceptors (Lipinski definition) is 5. The highest BCUT2D eigenvalue weighted by Gasteiger charge is 2.13. The maximum absolute atomic E-state index is 12.2. The fraction of sp³-hybridized carbons (Fsp3) is 0.263. The molecule has 2 aromatic carbocycles. The van der Waals surface area contributed by atoms with Gasteiger partial charge in [0.2, 0.25) is 0 Å². The molecule has 0 spiro atoms. The summed E-state index contributed by atoms with van der Waals surface area (Å²) in [5.41, 5.74) is 2.01. The van der Waals surface area contributed by atoms with E-state index in [4.69, 9.17) is 13.9 Å². The van der Waals surface area contributed by atoms with Crippen molar-refractivity contribution in [2.24, 2.45) is 0 Å². The van der Waals surface area contributed by atoms with Crippen molar-refractivity contribution in [2.45, 2.75) is 26.9 Å². The van der Waals surface area contributed by atoms with Crippen molar-refractivity contribution in [3.05, 3.63) is 64.0 Å².